The van der Waals surface area contributed by atoms with Crippen molar-refractivity contribution >= 4 is 17.3 Å². The number of nitrogens with two attached hydrogens (primary N) is 1. The number of fused-ring (bicyclic) bond motifs is 1. The van der Waals surface area contributed by atoms with E-state index >= 15 is 0 Å². The summed E-state index contributed by atoms with van der Waals surface area (Å²) >= 11 is 0. The molecule has 0 atom stereocenters. The quantitative estimate of drug-likeness (QED) is 0.769. The second-order valence-electron chi connectivity index (χ2n) is 5.54. The Balaban J connectivity index is 2.30. The molecule has 0 aliphatic heterocycles. The van der Waals surface area contributed by atoms with E-state index in [0.29, 0.717) is 11.3 Å². The van der Waals surface area contributed by atoms with Gasteiger partial charge in [0.15, 0.2) is 0 Å². The highest BCUT2D eigenvalue weighted by molar-refractivity contribution is 5.88. The largest absolute Gasteiger partial charge is 0.477 e. The molecule has 0 bridgehead atoms. The Morgan fingerprint density at radius 3 is 2.67 bits per heavy atom. The van der Waals surface area contributed by atoms with Crippen molar-refractivity contribution in [2.45, 2.75) is 19.8 Å². The maximum atomic E-state index is 12.4. The summed E-state index contributed by atoms with van der Waals surface area (Å²) in [5.41, 5.74) is 8.45. The van der Waals surface area contributed by atoms with Crippen molar-refractivity contribution in [1.82, 2.24) is 9.38 Å². The lowest BCUT2D eigenvalue weighted by Crippen LogP contribution is -2.22. The van der Waals surface area contributed by atoms with Crippen molar-refractivity contribution in [3.05, 3.63) is 64.2 Å². The summed E-state index contributed by atoms with van der Waals surface area (Å²) in [5.74, 6) is -0.780. The van der Waals surface area contributed by atoms with Gasteiger partial charge in [-0.1, -0.05) is 13.3 Å². The predicted octanol–water partition coefficient (Wildman–Crippen LogP) is 2.59. The summed E-state index contributed by atoms with van der Waals surface area (Å²) in [6.07, 6.45) is 4.96. The molecule has 0 aliphatic rings. The number of hydrogen-bond donors (Lipinski definition) is 2. The van der Waals surface area contributed by atoms with Crippen LogP contribution >= 0.6 is 0 Å². The number of nitrogens with zero attached hydrogens (tertiary/aromatic N) is 2. The van der Waals surface area contributed by atoms with Crippen molar-refractivity contribution in [2.24, 2.45) is 0 Å². The summed E-state index contributed by atoms with van der Waals surface area (Å²) in [4.78, 5) is 27.7. The van der Waals surface area contributed by atoms with Crippen LogP contribution < -0.4 is 11.3 Å². The second-order valence-corrected chi connectivity index (χ2v) is 5.54. The number of aromatic carboxylic acids is 1. The van der Waals surface area contributed by atoms with Crippen LogP contribution in [0.3, 0.4) is 0 Å². The van der Waals surface area contributed by atoms with Crippen molar-refractivity contribution in [1.29, 1.82) is 0 Å². The molecule has 0 fully saturated rings. The first kappa shape index (κ1) is 15.7. The number of rotatable bonds is 4. The number of carboxylic acid groups (broad SMARTS) is 1. The number of nitrogen functional groups attached to an aromatic ring is 1. The smallest absolute Gasteiger partial charge is 0.341 e. The third kappa shape index (κ3) is 2.62. The van der Waals surface area contributed by atoms with Gasteiger partial charge in [-0.3, -0.25) is 9.20 Å². The molecule has 0 spiro atoms. The van der Waals surface area contributed by atoms with Crippen LogP contribution in [0, 0.1) is 0 Å². The monoisotopic (exact) mass is 323 g/mol. The van der Waals surface area contributed by atoms with E-state index in [9.17, 15) is 9.59 Å². The van der Waals surface area contributed by atoms with Gasteiger partial charge in [-0.15, -0.1) is 0 Å². The maximum absolute atomic E-state index is 12.4. The highest BCUT2D eigenvalue weighted by atomic mass is 16.4. The molecule has 3 aromatic rings. The van der Waals surface area contributed by atoms with Gasteiger partial charge in [-0.05, 0) is 47.9 Å². The molecule has 6 nitrogen and oxygen atoms in total. The molecule has 24 heavy (non-hydrogen) atoms. The molecule has 122 valence electrons. The first-order valence-electron chi connectivity index (χ1n) is 7.65. The van der Waals surface area contributed by atoms with E-state index in [4.69, 9.17) is 10.8 Å². The van der Waals surface area contributed by atoms with Crippen LogP contribution in [0.5, 0.6) is 0 Å². The number of anilines is 1. The van der Waals surface area contributed by atoms with Gasteiger partial charge in [0.05, 0.1) is 5.52 Å². The minimum Gasteiger partial charge on any atom is -0.477 e. The van der Waals surface area contributed by atoms with Crippen LogP contribution in [0.1, 0.15) is 29.3 Å². The van der Waals surface area contributed by atoms with Gasteiger partial charge in [-0.25, -0.2) is 9.78 Å². The van der Waals surface area contributed by atoms with Gasteiger partial charge in [-0.2, -0.15) is 0 Å². The third-order valence-electron chi connectivity index (χ3n) is 3.97. The van der Waals surface area contributed by atoms with Crippen LogP contribution in [0.25, 0.3) is 16.6 Å². The number of hydrogen-bond acceptors (Lipinski definition) is 4. The maximum Gasteiger partial charge on any atom is 0.341 e. The molecule has 3 aromatic heterocycles. The van der Waals surface area contributed by atoms with E-state index in [-0.39, 0.29) is 5.56 Å². The van der Waals surface area contributed by atoms with E-state index in [0.717, 1.165) is 29.5 Å². The van der Waals surface area contributed by atoms with E-state index in [1.807, 2.05) is 12.1 Å². The lowest BCUT2D eigenvalue weighted by atomic mass is 9.97. The molecule has 0 aliphatic carbocycles. The lowest BCUT2D eigenvalue weighted by Gasteiger charge is -2.14. The van der Waals surface area contributed by atoms with Crippen LogP contribution in [0.2, 0.25) is 0 Å². The van der Waals surface area contributed by atoms with Gasteiger partial charge < -0.3 is 10.8 Å². The van der Waals surface area contributed by atoms with Gasteiger partial charge in [0, 0.05) is 18.0 Å². The zero-order chi connectivity index (χ0) is 17.3. The van der Waals surface area contributed by atoms with Crippen molar-refractivity contribution in [3.8, 4) is 11.1 Å². The Hall–Kier alpha value is -3.15. The fraction of sp³-hybridized carbons (Fsp3) is 0.167. The Bertz CT molecular complexity index is 975. The first-order chi connectivity index (χ1) is 11.5. The topological polar surface area (TPSA) is 97.7 Å². The molecule has 3 heterocycles. The van der Waals surface area contributed by atoms with Gasteiger partial charge in [0.1, 0.15) is 11.4 Å². The van der Waals surface area contributed by atoms with Gasteiger partial charge in [0.2, 0.25) is 0 Å². The number of aryl methyl sites for hydroxylation is 1. The normalized spacial score (nSPS) is 10.9. The Morgan fingerprint density at radius 2 is 2.04 bits per heavy atom. The predicted molar refractivity (Wildman–Crippen MR) is 92.3 cm³/mol. The number of carboxylic acids is 1. The Kier molecular flexibility index (Phi) is 4.04. The molecular formula is C18H17N3O3. The van der Waals surface area contributed by atoms with Gasteiger partial charge >= 0.3 is 5.97 Å². The molecule has 3 rings (SSSR count). The average Bonchev–Trinajstić information content (AvgIpc) is 2.56. The summed E-state index contributed by atoms with van der Waals surface area (Å²) in [7, 11) is 0. The number of carbonyl (C=O) groups is 1. The standard InChI is InChI=1S/C18H17N3O3/c1-2-3-13-12(11-4-7-16(19)20-10-11)8-9-21-15(13)6-5-14(17(21)22)18(23)24/h4-10H,2-3H2,1H3,(H2,19,20)(H,23,24). The minimum atomic E-state index is -1.22. The fourth-order valence-electron chi connectivity index (χ4n) is 2.85. The molecule has 0 radical (unpaired) electrons. The molecule has 0 saturated carbocycles. The number of pyridine rings is 3. The molecule has 0 saturated heterocycles. The summed E-state index contributed by atoms with van der Waals surface area (Å²) in [6, 6.07) is 8.48. The fourth-order valence-corrected chi connectivity index (χ4v) is 2.85. The third-order valence-corrected chi connectivity index (χ3v) is 3.97. The number of aromatic nitrogens is 2. The molecule has 0 unspecified atom stereocenters. The van der Waals surface area contributed by atoms with E-state index in [2.05, 4.69) is 11.9 Å². The van der Waals surface area contributed by atoms with E-state index in [1.165, 1.54) is 10.5 Å². The Labute approximate surface area is 138 Å². The molecule has 0 amide bonds. The summed E-state index contributed by atoms with van der Waals surface area (Å²) in [5, 5.41) is 9.12. The zero-order valence-corrected chi connectivity index (χ0v) is 13.2. The van der Waals surface area contributed by atoms with Crippen molar-refractivity contribution in [2.75, 3.05) is 5.73 Å². The molecule has 3 N–H and O–H groups in total. The molecular weight excluding hydrogens is 306 g/mol. The summed E-state index contributed by atoms with van der Waals surface area (Å²) in [6.45, 7) is 2.05. The van der Waals surface area contributed by atoms with Crippen LogP contribution in [-0.4, -0.2) is 20.5 Å². The zero-order valence-electron chi connectivity index (χ0n) is 13.2. The lowest BCUT2D eigenvalue weighted by molar-refractivity contribution is 0.0695. The van der Waals surface area contributed by atoms with Crippen molar-refractivity contribution in [3.63, 3.8) is 0 Å². The highest BCUT2D eigenvalue weighted by Crippen LogP contribution is 2.27. The van der Waals surface area contributed by atoms with Crippen LogP contribution in [0.4, 0.5) is 5.82 Å². The molecule has 0 aromatic carbocycles. The van der Waals surface area contributed by atoms with Crippen molar-refractivity contribution < 1.29 is 9.90 Å². The summed E-state index contributed by atoms with van der Waals surface area (Å²) < 4.78 is 1.39. The molecule has 6 heteroatoms. The van der Waals surface area contributed by atoms with Crippen LogP contribution in [0.15, 0.2) is 47.5 Å². The first-order valence-corrected chi connectivity index (χ1v) is 7.65. The van der Waals surface area contributed by atoms with E-state index < -0.39 is 11.5 Å². The Morgan fingerprint density at radius 1 is 1.25 bits per heavy atom. The van der Waals surface area contributed by atoms with Crippen LogP contribution in [-0.2, 0) is 6.42 Å². The minimum absolute atomic E-state index is 0.239. The van der Waals surface area contributed by atoms with E-state index in [1.54, 1.807) is 24.5 Å². The van der Waals surface area contributed by atoms with Gasteiger partial charge in [0.25, 0.3) is 5.56 Å². The average molecular weight is 323 g/mol. The second kappa shape index (κ2) is 6.16. The SMILES string of the molecule is CCCc1c(-c2ccc(N)nc2)ccn2c(=O)c(C(=O)O)ccc12. The highest BCUT2D eigenvalue weighted by Gasteiger charge is 2.15.